The highest BCUT2D eigenvalue weighted by atomic mass is 32.1. The average Bonchev–Trinajstić information content (AvgIpc) is 2.96. The molecule has 2 heterocycles. The molecule has 0 aliphatic carbocycles. The highest BCUT2D eigenvalue weighted by molar-refractivity contribution is 7.15. The Balaban J connectivity index is 1.97. The monoisotopic (exact) mass is 287 g/mol. The van der Waals surface area contributed by atoms with Crippen molar-refractivity contribution in [3.05, 3.63) is 47.1 Å². The van der Waals surface area contributed by atoms with Gasteiger partial charge in [0, 0.05) is 24.0 Å². The predicted octanol–water partition coefficient (Wildman–Crippen LogP) is 3.39. The number of aryl methyl sites for hydroxylation is 1. The summed E-state index contributed by atoms with van der Waals surface area (Å²) in [4.78, 5) is 5.48. The van der Waals surface area contributed by atoms with Gasteiger partial charge in [0.15, 0.2) is 4.96 Å². The summed E-state index contributed by atoms with van der Waals surface area (Å²) in [5.74, 6) is 1.45. The van der Waals surface area contributed by atoms with Crippen LogP contribution in [0.15, 0.2) is 35.8 Å². The Kier molecular flexibility index (Phi) is 3.46. The maximum Gasteiger partial charge on any atom is 0.242 e. The largest absolute Gasteiger partial charge is 0.437 e. The molecule has 104 valence electrons. The van der Waals surface area contributed by atoms with Gasteiger partial charge in [0.05, 0.1) is 5.69 Å². The standard InChI is InChI=1S/C15H17N3OS/c1-10-3-5-12(6-4-10)19-14-13(9-11(2)16)18-7-8-20-15(18)17-14/h3-8,11H,9,16H2,1-2H3. The number of hydrogen-bond acceptors (Lipinski definition) is 4. The molecule has 0 saturated heterocycles. The molecular weight excluding hydrogens is 270 g/mol. The van der Waals surface area contributed by atoms with E-state index in [0.717, 1.165) is 22.8 Å². The first-order chi connectivity index (χ1) is 9.63. The zero-order valence-electron chi connectivity index (χ0n) is 11.5. The van der Waals surface area contributed by atoms with E-state index >= 15 is 0 Å². The number of thiazole rings is 1. The first-order valence-corrected chi connectivity index (χ1v) is 7.46. The van der Waals surface area contributed by atoms with E-state index in [1.165, 1.54) is 5.56 Å². The van der Waals surface area contributed by atoms with Crippen LogP contribution in [0.5, 0.6) is 11.6 Å². The van der Waals surface area contributed by atoms with Gasteiger partial charge < -0.3 is 10.5 Å². The summed E-state index contributed by atoms with van der Waals surface area (Å²) in [5.41, 5.74) is 8.16. The smallest absolute Gasteiger partial charge is 0.242 e. The molecule has 20 heavy (non-hydrogen) atoms. The number of imidazole rings is 1. The SMILES string of the molecule is Cc1ccc(Oc2nc3sccn3c2CC(C)N)cc1. The van der Waals surface area contributed by atoms with E-state index in [-0.39, 0.29) is 6.04 Å². The molecule has 0 spiro atoms. The van der Waals surface area contributed by atoms with Crippen LogP contribution >= 0.6 is 11.3 Å². The molecule has 0 amide bonds. The summed E-state index contributed by atoms with van der Waals surface area (Å²) in [6.45, 7) is 4.04. The third-order valence-electron chi connectivity index (χ3n) is 3.08. The number of nitrogens with two attached hydrogens (primary N) is 1. The van der Waals surface area contributed by atoms with Crippen molar-refractivity contribution < 1.29 is 4.74 Å². The molecule has 0 radical (unpaired) electrons. The van der Waals surface area contributed by atoms with Gasteiger partial charge in [-0.3, -0.25) is 4.40 Å². The van der Waals surface area contributed by atoms with Crippen LogP contribution < -0.4 is 10.5 Å². The average molecular weight is 287 g/mol. The van der Waals surface area contributed by atoms with Crippen LogP contribution in [-0.4, -0.2) is 15.4 Å². The molecule has 0 aliphatic heterocycles. The Bertz CT molecular complexity index is 712. The minimum Gasteiger partial charge on any atom is -0.437 e. The molecule has 4 nitrogen and oxygen atoms in total. The molecule has 1 aromatic carbocycles. The maximum atomic E-state index is 5.93. The summed E-state index contributed by atoms with van der Waals surface area (Å²) < 4.78 is 7.98. The van der Waals surface area contributed by atoms with E-state index in [9.17, 15) is 0 Å². The minimum atomic E-state index is 0.0650. The molecule has 0 saturated carbocycles. The van der Waals surface area contributed by atoms with Crippen LogP contribution in [0.25, 0.3) is 4.96 Å². The number of nitrogens with zero attached hydrogens (tertiary/aromatic N) is 2. The summed E-state index contributed by atoms with van der Waals surface area (Å²) in [5, 5.41) is 2.02. The van der Waals surface area contributed by atoms with Gasteiger partial charge in [0.1, 0.15) is 5.75 Å². The number of rotatable bonds is 4. The van der Waals surface area contributed by atoms with Crippen LogP contribution in [0.4, 0.5) is 0 Å². The number of ether oxygens (including phenoxy) is 1. The fraction of sp³-hybridized carbons (Fsp3) is 0.267. The number of benzene rings is 1. The van der Waals surface area contributed by atoms with Crippen molar-refractivity contribution in [1.82, 2.24) is 9.38 Å². The third kappa shape index (κ3) is 2.55. The first-order valence-electron chi connectivity index (χ1n) is 6.58. The van der Waals surface area contributed by atoms with Gasteiger partial charge in [-0.15, -0.1) is 11.3 Å². The van der Waals surface area contributed by atoms with Crippen molar-refractivity contribution in [2.45, 2.75) is 26.3 Å². The molecule has 1 atom stereocenters. The quantitative estimate of drug-likeness (QED) is 0.800. The fourth-order valence-corrected chi connectivity index (χ4v) is 2.83. The Hall–Kier alpha value is -1.85. The number of fused-ring (bicyclic) bond motifs is 1. The van der Waals surface area contributed by atoms with E-state index in [1.807, 2.05) is 42.8 Å². The van der Waals surface area contributed by atoms with Crippen LogP contribution in [0.1, 0.15) is 18.2 Å². The van der Waals surface area contributed by atoms with Crippen LogP contribution in [-0.2, 0) is 6.42 Å². The predicted molar refractivity (Wildman–Crippen MR) is 81.7 cm³/mol. The molecule has 0 bridgehead atoms. The molecule has 2 N–H and O–H groups in total. The second-order valence-electron chi connectivity index (χ2n) is 5.02. The van der Waals surface area contributed by atoms with Gasteiger partial charge >= 0.3 is 0 Å². The summed E-state index contributed by atoms with van der Waals surface area (Å²) in [6, 6.07) is 8.03. The lowest BCUT2D eigenvalue weighted by Crippen LogP contribution is -2.19. The minimum absolute atomic E-state index is 0.0650. The molecule has 0 fully saturated rings. The van der Waals surface area contributed by atoms with Gasteiger partial charge in [-0.2, -0.15) is 4.98 Å². The summed E-state index contributed by atoms with van der Waals surface area (Å²) in [7, 11) is 0. The van der Waals surface area contributed by atoms with Crippen LogP contribution in [0.3, 0.4) is 0 Å². The zero-order valence-corrected chi connectivity index (χ0v) is 12.4. The van der Waals surface area contributed by atoms with Crippen molar-refractivity contribution in [3.8, 4) is 11.6 Å². The molecule has 3 rings (SSSR count). The molecule has 0 aliphatic rings. The Morgan fingerprint density at radius 3 is 2.80 bits per heavy atom. The van der Waals surface area contributed by atoms with Gasteiger partial charge in [-0.25, -0.2) is 0 Å². The Morgan fingerprint density at radius 2 is 2.10 bits per heavy atom. The van der Waals surface area contributed by atoms with Crippen molar-refractivity contribution in [3.63, 3.8) is 0 Å². The van der Waals surface area contributed by atoms with Crippen LogP contribution in [0, 0.1) is 6.92 Å². The fourth-order valence-electron chi connectivity index (χ4n) is 2.10. The van der Waals surface area contributed by atoms with Gasteiger partial charge in [-0.05, 0) is 26.0 Å². The molecule has 2 aromatic heterocycles. The lowest BCUT2D eigenvalue weighted by atomic mass is 10.2. The van der Waals surface area contributed by atoms with E-state index in [2.05, 4.69) is 16.3 Å². The lowest BCUT2D eigenvalue weighted by Gasteiger charge is -2.08. The van der Waals surface area contributed by atoms with E-state index < -0.39 is 0 Å². The topological polar surface area (TPSA) is 52.5 Å². The van der Waals surface area contributed by atoms with Crippen molar-refractivity contribution in [1.29, 1.82) is 0 Å². The Morgan fingerprint density at radius 1 is 1.35 bits per heavy atom. The first kappa shape index (κ1) is 13.1. The molecule has 3 aromatic rings. The third-order valence-corrected chi connectivity index (χ3v) is 3.83. The lowest BCUT2D eigenvalue weighted by molar-refractivity contribution is 0.456. The molecular formula is C15H17N3OS. The maximum absolute atomic E-state index is 5.93. The highest BCUT2D eigenvalue weighted by Gasteiger charge is 2.16. The van der Waals surface area contributed by atoms with E-state index in [1.54, 1.807) is 11.3 Å². The Labute approximate surface area is 121 Å². The zero-order chi connectivity index (χ0) is 14.1. The van der Waals surface area contributed by atoms with E-state index in [0.29, 0.717) is 5.88 Å². The van der Waals surface area contributed by atoms with E-state index in [4.69, 9.17) is 10.5 Å². The van der Waals surface area contributed by atoms with Crippen molar-refractivity contribution in [2.24, 2.45) is 5.73 Å². The van der Waals surface area contributed by atoms with Gasteiger partial charge in [0.25, 0.3) is 0 Å². The molecule has 5 heteroatoms. The summed E-state index contributed by atoms with van der Waals surface area (Å²) >= 11 is 1.59. The molecule has 1 unspecified atom stereocenters. The summed E-state index contributed by atoms with van der Waals surface area (Å²) in [6.07, 6.45) is 2.74. The van der Waals surface area contributed by atoms with Crippen LogP contribution in [0.2, 0.25) is 0 Å². The van der Waals surface area contributed by atoms with Gasteiger partial charge in [-0.1, -0.05) is 17.7 Å². The second-order valence-corrected chi connectivity index (χ2v) is 5.89. The highest BCUT2D eigenvalue weighted by Crippen LogP contribution is 2.28. The van der Waals surface area contributed by atoms with Crippen molar-refractivity contribution >= 4 is 16.3 Å². The normalized spacial score (nSPS) is 12.8. The van der Waals surface area contributed by atoms with Gasteiger partial charge in [0.2, 0.25) is 5.88 Å². The second kappa shape index (κ2) is 5.26. The number of aromatic nitrogens is 2. The van der Waals surface area contributed by atoms with Crippen molar-refractivity contribution in [2.75, 3.05) is 0 Å². The number of hydrogen-bond donors (Lipinski definition) is 1.